The summed E-state index contributed by atoms with van der Waals surface area (Å²) >= 11 is 1.15. The van der Waals surface area contributed by atoms with Gasteiger partial charge < -0.3 is 10.4 Å². The van der Waals surface area contributed by atoms with Crippen LogP contribution >= 0.6 is 11.8 Å². The van der Waals surface area contributed by atoms with Gasteiger partial charge in [-0.3, -0.25) is 9.59 Å². The van der Waals surface area contributed by atoms with E-state index < -0.39 is 11.2 Å². The number of aryl methyl sites for hydroxylation is 1. The summed E-state index contributed by atoms with van der Waals surface area (Å²) in [4.78, 5) is 22.5. The molecule has 1 aromatic rings. The summed E-state index contributed by atoms with van der Waals surface area (Å²) in [5.41, 5.74) is 1.95. The molecule has 0 spiro atoms. The number of hydrogen-bond acceptors (Lipinski definition) is 3. The van der Waals surface area contributed by atoms with Gasteiger partial charge in [-0.2, -0.15) is 0 Å². The maximum absolute atomic E-state index is 11.7. The lowest BCUT2D eigenvalue weighted by atomic mass is 10.1. The molecule has 0 aromatic heterocycles. The molecule has 0 saturated carbocycles. The van der Waals surface area contributed by atoms with Crippen molar-refractivity contribution in [1.29, 1.82) is 0 Å². The van der Waals surface area contributed by atoms with Gasteiger partial charge in [0.1, 0.15) is 5.25 Å². The van der Waals surface area contributed by atoms with Gasteiger partial charge in [0.05, 0.1) is 5.75 Å². The molecular formula is C14H19NO3S. The van der Waals surface area contributed by atoms with E-state index in [9.17, 15) is 9.59 Å². The van der Waals surface area contributed by atoms with Crippen molar-refractivity contribution < 1.29 is 14.7 Å². The zero-order valence-corrected chi connectivity index (χ0v) is 12.0. The highest BCUT2D eigenvalue weighted by molar-refractivity contribution is 8.01. The average Bonchev–Trinajstić information content (AvgIpc) is 2.40. The maximum Gasteiger partial charge on any atom is 0.316 e. The number of carbonyl (C=O) groups is 2. The number of carboxylic acids is 1. The Labute approximate surface area is 117 Å². The van der Waals surface area contributed by atoms with Crippen molar-refractivity contribution in [2.24, 2.45) is 0 Å². The molecule has 0 aliphatic heterocycles. The van der Waals surface area contributed by atoms with E-state index in [1.165, 1.54) is 5.56 Å². The SMILES string of the molecule is CCc1ccc(NC(=O)CSC(CC)C(=O)O)cc1. The Morgan fingerprint density at radius 2 is 1.89 bits per heavy atom. The number of anilines is 1. The second kappa shape index (κ2) is 7.84. The van der Waals surface area contributed by atoms with Crippen LogP contribution in [0.5, 0.6) is 0 Å². The van der Waals surface area contributed by atoms with Gasteiger partial charge in [-0.25, -0.2) is 0 Å². The highest BCUT2D eigenvalue weighted by Crippen LogP contribution is 2.16. The lowest BCUT2D eigenvalue weighted by Crippen LogP contribution is -2.20. The fourth-order valence-electron chi connectivity index (χ4n) is 1.56. The number of aliphatic carboxylic acids is 1. The fraction of sp³-hybridized carbons (Fsp3) is 0.429. The van der Waals surface area contributed by atoms with Crippen LogP contribution in [0.1, 0.15) is 25.8 Å². The standard InChI is InChI=1S/C14H19NO3S/c1-3-10-5-7-11(8-6-10)15-13(16)9-19-12(4-2)14(17)18/h5-8,12H,3-4,9H2,1-2H3,(H,15,16)(H,17,18). The van der Waals surface area contributed by atoms with E-state index in [0.29, 0.717) is 6.42 Å². The molecule has 0 aliphatic rings. The number of benzene rings is 1. The van der Waals surface area contributed by atoms with Crippen LogP contribution in [0.2, 0.25) is 0 Å². The van der Waals surface area contributed by atoms with Gasteiger partial charge in [-0.15, -0.1) is 11.8 Å². The van der Waals surface area contributed by atoms with Gasteiger partial charge >= 0.3 is 5.97 Å². The number of carboxylic acid groups (broad SMARTS) is 1. The summed E-state index contributed by atoms with van der Waals surface area (Å²) < 4.78 is 0. The Hall–Kier alpha value is -1.49. The third kappa shape index (κ3) is 5.34. The number of thioether (sulfide) groups is 1. The Balaban J connectivity index is 2.44. The second-order valence-electron chi connectivity index (χ2n) is 4.14. The predicted molar refractivity (Wildman–Crippen MR) is 78.6 cm³/mol. The maximum atomic E-state index is 11.7. The van der Waals surface area contributed by atoms with Crippen molar-refractivity contribution in [2.75, 3.05) is 11.1 Å². The molecule has 0 heterocycles. The summed E-state index contributed by atoms with van der Waals surface area (Å²) in [7, 11) is 0. The lowest BCUT2D eigenvalue weighted by molar-refractivity contribution is -0.136. The molecule has 19 heavy (non-hydrogen) atoms. The molecule has 5 heteroatoms. The number of nitrogens with one attached hydrogen (secondary N) is 1. The Bertz CT molecular complexity index is 431. The molecule has 0 saturated heterocycles. The van der Waals surface area contributed by atoms with Gasteiger partial charge in [0.2, 0.25) is 5.91 Å². The fourth-order valence-corrected chi connectivity index (χ4v) is 2.36. The van der Waals surface area contributed by atoms with E-state index in [0.717, 1.165) is 23.9 Å². The van der Waals surface area contributed by atoms with Crippen molar-refractivity contribution in [2.45, 2.75) is 31.9 Å². The summed E-state index contributed by atoms with van der Waals surface area (Å²) in [5.74, 6) is -0.887. The molecule has 1 aromatic carbocycles. The van der Waals surface area contributed by atoms with Gasteiger partial charge in [0.15, 0.2) is 0 Å². The van der Waals surface area contributed by atoms with E-state index >= 15 is 0 Å². The zero-order valence-electron chi connectivity index (χ0n) is 11.2. The summed E-state index contributed by atoms with van der Waals surface area (Å²) in [6.45, 7) is 3.87. The minimum absolute atomic E-state index is 0.153. The van der Waals surface area contributed by atoms with Crippen LogP contribution in [0.25, 0.3) is 0 Å². The summed E-state index contributed by atoms with van der Waals surface area (Å²) in [6, 6.07) is 7.65. The number of amides is 1. The molecule has 0 bridgehead atoms. The third-order valence-corrected chi connectivity index (χ3v) is 4.07. The minimum Gasteiger partial charge on any atom is -0.480 e. The van der Waals surface area contributed by atoms with Crippen molar-refractivity contribution in [1.82, 2.24) is 0 Å². The van der Waals surface area contributed by atoms with Crippen LogP contribution in [0, 0.1) is 0 Å². The second-order valence-corrected chi connectivity index (χ2v) is 5.34. The average molecular weight is 281 g/mol. The molecule has 4 nitrogen and oxygen atoms in total. The van der Waals surface area contributed by atoms with Crippen molar-refractivity contribution in [3.05, 3.63) is 29.8 Å². The number of carbonyl (C=O) groups excluding carboxylic acids is 1. The molecular weight excluding hydrogens is 262 g/mol. The van der Waals surface area contributed by atoms with Crippen LogP contribution in [-0.2, 0) is 16.0 Å². The smallest absolute Gasteiger partial charge is 0.316 e. The highest BCUT2D eigenvalue weighted by Gasteiger charge is 2.16. The molecule has 0 aliphatic carbocycles. The van der Waals surface area contributed by atoms with Crippen molar-refractivity contribution >= 4 is 29.3 Å². The molecule has 104 valence electrons. The van der Waals surface area contributed by atoms with E-state index in [1.54, 1.807) is 6.92 Å². The van der Waals surface area contributed by atoms with Crippen molar-refractivity contribution in [3.63, 3.8) is 0 Å². The molecule has 1 atom stereocenters. The van der Waals surface area contributed by atoms with Gasteiger partial charge in [-0.05, 0) is 30.5 Å². The van der Waals surface area contributed by atoms with E-state index in [4.69, 9.17) is 5.11 Å². The summed E-state index contributed by atoms with van der Waals surface area (Å²) in [5, 5.41) is 11.1. The van der Waals surface area contributed by atoms with Crippen LogP contribution in [-0.4, -0.2) is 28.0 Å². The summed E-state index contributed by atoms with van der Waals surface area (Å²) in [6.07, 6.45) is 1.47. The van der Waals surface area contributed by atoms with Crippen LogP contribution in [0.3, 0.4) is 0 Å². The quantitative estimate of drug-likeness (QED) is 0.806. The molecule has 0 radical (unpaired) electrons. The van der Waals surface area contributed by atoms with Gasteiger partial charge in [0, 0.05) is 5.69 Å². The van der Waals surface area contributed by atoms with Gasteiger partial charge in [-0.1, -0.05) is 26.0 Å². The first kappa shape index (κ1) is 15.6. The zero-order chi connectivity index (χ0) is 14.3. The molecule has 1 unspecified atom stereocenters. The van der Waals surface area contributed by atoms with Crippen LogP contribution in [0.15, 0.2) is 24.3 Å². The van der Waals surface area contributed by atoms with E-state index in [-0.39, 0.29) is 11.7 Å². The first-order chi connectivity index (χ1) is 9.06. The molecule has 1 amide bonds. The Morgan fingerprint density at radius 1 is 1.26 bits per heavy atom. The first-order valence-electron chi connectivity index (χ1n) is 6.30. The van der Waals surface area contributed by atoms with Crippen LogP contribution < -0.4 is 5.32 Å². The topological polar surface area (TPSA) is 66.4 Å². The first-order valence-corrected chi connectivity index (χ1v) is 7.34. The minimum atomic E-state index is -0.868. The molecule has 1 rings (SSSR count). The molecule has 0 fully saturated rings. The molecule has 2 N–H and O–H groups in total. The third-order valence-electron chi connectivity index (χ3n) is 2.71. The normalized spacial score (nSPS) is 11.9. The number of hydrogen-bond donors (Lipinski definition) is 2. The van der Waals surface area contributed by atoms with Crippen molar-refractivity contribution in [3.8, 4) is 0 Å². The van der Waals surface area contributed by atoms with E-state index in [1.807, 2.05) is 24.3 Å². The van der Waals surface area contributed by atoms with Crippen LogP contribution in [0.4, 0.5) is 5.69 Å². The predicted octanol–water partition coefficient (Wildman–Crippen LogP) is 2.78. The highest BCUT2D eigenvalue weighted by atomic mass is 32.2. The Morgan fingerprint density at radius 3 is 2.37 bits per heavy atom. The van der Waals surface area contributed by atoms with E-state index in [2.05, 4.69) is 12.2 Å². The number of rotatable bonds is 7. The monoisotopic (exact) mass is 281 g/mol. The Kier molecular flexibility index (Phi) is 6.42. The lowest BCUT2D eigenvalue weighted by Gasteiger charge is -2.09. The largest absolute Gasteiger partial charge is 0.480 e. The van der Waals surface area contributed by atoms with Gasteiger partial charge in [0.25, 0.3) is 0 Å².